The Hall–Kier alpha value is -2.63. The lowest BCUT2D eigenvalue weighted by Gasteiger charge is -2.17. The second kappa shape index (κ2) is 7.18. The highest BCUT2D eigenvalue weighted by molar-refractivity contribution is 8.27. The molecule has 0 aliphatic carbocycles. The number of carbonyl (C=O) groups is 1. The summed E-state index contributed by atoms with van der Waals surface area (Å²) in [6, 6.07) is 22.1. The minimum atomic E-state index is -0.0736. The Morgan fingerprint density at radius 1 is 0.963 bits per heavy atom. The largest absolute Gasteiger partial charge is 0.378 e. The monoisotopic (exact) mass is 390 g/mol. The van der Waals surface area contributed by atoms with E-state index in [9.17, 15) is 4.79 Å². The summed E-state index contributed by atoms with van der Waals surface area (Å²) in [6.07, 6.45) is 1.94. The van der Waals surface area contributed by atoms with Crippen LogP contribution in [0.3, 0.4) is 0 Å². The van der Waals surface area contributed by atoms with Gasteiger partial charge in [-0.1, -0.05) is 66.4 Å². The molecule has 3 nitrogen and oxygen atoms in total. The second-order valence-electron chi connectivity index (χ2n) is 6.50. The number of fused-ring (bicyclic) bond motifs is 1. The van der Waals surface area contributed by atoms with Crippen LogP contribution in [-0.4, -0.2) is 24.3 Å². The van der Waals surface area contributed by atoms with E-state index in [1.807, 2.05) is 73.6 Å². The van der Waals surface area contributed by atoms with E-state index >= 15 is 0 Å². The van der Waals surface area contributed by atoms with Crippen molar-refractivity contribution >= 4 is 62.4 Å². The first-order valence-electron chi connectivity index (χ1n) is 8.58. The third-order valence-electron chi connectivity index (χ3n) is 4.53. The number of anilines is 2. The van der Waals surface area contributed by atoms with E-state index in [2.05, 4.69) is 18.2 Å². The predicted octanol–water partition coefficient (Wildman–Crippen LogP) is 5.31. The minimum Gasteiger partial charge on any atom is -0.378 e. The van der Waals surface area contributed by atoms with E-state index in [0.717, 1.165) is 27.7 Å². The lowest BCUT2D eigenvalue weighted by atomic mass is 10.0. The minimum absolute atomic E-state index is 0.0736. The molecule has 0 spiro atoms. The van der Waals surface area contributed by atoms with Gasteiger partial charge in [-0.15, -0.1) is 0 Å². The number of carbonyl (C=O) groups excluding carboxylic acids is 1. The molecule has 1 aliphatic rings. The van der Waals surface area contributed by atoms with Crippen LogP contribution in [0.2, 0.25) is 0 Å². The Balaban J connectivity index is 1.69. The fourth-order valence-corrected chi connectivity index (χ4v) is 4.40. The van der Waals surface area contributed by atoms with E-state index < -0.39 is 0 Å². The van der Waals surface area contributed by atoms with Crippen LogP contribution < -0.4 is 9.80 Å². The van der Waals surface area contributed by atoms with Gasteiger partial charge in [0.05, 0.1) is 10.6 Å². The van der Waals surface area contributed by atoms with Gasteiger partial charge in [-0.25, -0.2) is 0 Å². The maximum Gasteiger partial charge on any atom is 0.270 e. The Kier molecular flexibility index (Phi) is 4.72. The average Bonchev–Trinajstić information content (AvgIpc) is 2.95. The van der Waals surface area contributed by atoms with Crippen molar-refractivity contribution < 1.29 is 4.79 Å². The summed E-state index contributed by atoms with van der Waals surface area (Å²) >= 11 is 6.84. The Bertz CT molecular complexity index is 1070. The van der Waals surface area contributed by atoms with Gasteiger partial charge in [-0.2, -0.15) is 0 Å². The van der Waals surface area contributed by atoms with E-state index in [0.29, 0.717) is 9.23 Å². The van der Waals surface area contributed by atoms with Crippen LogP contribution in [0.5, 0.6) is 0 Å². The second-order valence-corrected chi connectivity index (χ2v) is 8.17. The first-order chi connectivity index (χ1) is 13.0. The molecule has 3 aromatic carbocycles. The highest BCUT2D eigenvalue weighted by Gasteiger charge is 2.33. The lowest BCUT2D eigenvalue weighted by molar-refractivity contribution is -0.113. The highest BCUT2D eigenvalue weighted by Crippen LogP contribution is 2.37. The molecule has 0 unspecified atom stereocenters. The quantitative estimate of drug-likeness (QED) is 0.447. The first kappa shape index (κ1) is 17.8. The molecular weight excluding hydrogens is 372 g/mol. The smallest absolute Gasteiger partial charge is 0.270 e. The standard InChI is InChI=1S/C22H18N2OS2/c1-23(2)17-10-12-18(13-11-17)24-21(25)20(27-22(24)26)14-16-8-5-7-15-6-3-4-9-19(15)16/h3-14H,1-2H3/b20-14+. The molecule has 1 fully saturated rings. The molecule has 134 valence electrons. The number of hydrogen-bond donors (Lipinski definition) is 0. The molecule has 0 atom stereocenters. The topological polar surface area (TPSA) is 23.6 Å². The molecule has 0 radical (unpaired) electrons. The van der Waals surface area contributed by atoms with Gasteiger partial charge in [0.1, 0.15) is 0 Å². The third-order valence-corrected chi connectivity index (χ3v) is 5.83. The van der Waals surface area contributed by atoms with Crippen LogP contribution in [0.4, 0.5) is 11.4 Å². The van der Waals surface area contributed by atoms with Crippen molar-refractivity contribution in [1.29, 1.82) is 0 Å². The number of nitrogens with zero attached hydrogens (tertiary/aromatic N) is 2. The Labute approximate surface area is 168 Å². The van der Waals surface area contributed by atoms with Gasteiger partial charge in [-0.05, 0) is 46.7 Å². The van der Waals surface area contributed by atoms with E-state index in [4.69, 9.17) is 12.2 Å². The van der Waals surface area contributed by atoms with Gasteiger partial charge in [-0.3, -0.25) is 9.69 Å². The molecule has 0 saturated carbocycles. The van der Waals surface area contributed by atoms with Crippen molar-refractivity contribution in [2.24, 2.45) is 0 Å². The molecule has 1 heterocycles. The molecule has 5 heteroatoms. The van der Waals surface area contributed by atoms with E-state index in [-0.39, 0.29) is 5.91 Å². The maximum absolute atomic E-state index is 13.0. The molecular formula is C22H18N2OS2. The van der Waals surface area contributed by atoms with Gasteiger partial charge in [0.15, 0.2) is 4.32 Å². The van der Waals surface area contributed by atoms with Crippen molar-refractivity contribution in [2.45, 2.75) is 0 Å². The summed E-state index contributed by atoms with van der Waals surface area (Å²) in [5.74, 6) is -0.0736. The SMILES string of the molecule is CN(C)c1ccc(N2C(=O)/C(=C\c3cccc4ccccc34)SC2=S)cc1. The molecule has 0 bridgehead atoms. The van der Waals surface area contributed by atoms with Crippen LogP contribution >= 0.6 is 24.0 Å². The van der Waals surface area contributed by atoms with Crippen LogP contribution in [0.25, 0.3) is 16.8 Å². The summed E-state index contributed by atoms with van der Waals surface area (Å²) in [5.41, 5.74) is 2.90. The fraction of sp³-hybridized carbons (Fsp3) is 0.0909. The molecule has 3 aromatic rings. The number of rotatable bonds is 3. The summed E-state index contributed by atoms with van der Waals surface area (Å²) in [4.78, 5) is 17.3. The van der Waals surface area contributed by atoms with Gasteiger partial charge >= 0.3 is 0 Å². The van der Waals surface area contributed by atoms with E-state index in [1.54, 1.807) is 4.90 Å². The number of thioether (sulfide) groups is 1. The van der Waals surface area contributed by atoms with E-state index in [1.165, 1.54) is 11.8 Å². The molecule has 0 N–H and O–H groups in total. The van der Waals surface area contributed by atoms with Crippen LogP contribution in [0, 0.1) is 0 Å². The van der Waals surface area contributed by atoms with Gasteiger partial charge in [0.2, 0.25) is 0 Å². The zero-order valence-electron chi connectivity index (χ0n) is 15.0. The highest BCUT2D eigenvalue weighted by atomic mass is 32.2. The summed E-state index contributed by atoms with van der Waals surface area (Å²) < 4.78 is 0.559. The number of thiocarbonyl (C=S) groups is 1. The normalized spacial score (nSPS) is 15.8. The maximum atomic E-state index is 13.0. The zero-order chi connectivity index (χ0) is 19.0. The van der Waals surface area contributed by atoms with Crippen LogP contribution in [0.1, 0.15) is 5.56 Å². The number of benzene rings is 3. The fourth-order valence-electron chi connectivity index (χ4n) is 3.11. The van der Waals surface area contributed by atoms with Crippen LogP contribution in [-0.2, 0) is 4.79 Å². The first-order valence-corrected chi connectivity index (χ1v) is 9.80. The van der Waals surface area contributed by atoms with Gasteiger partial charge in [0.25, 0.3) is 5.91 Å². The molecule has 1 aliphatic heterocycles. The summed E-state index contributed by atoms with van der Waals surface area (Å²) in [7, 11) is 3.98. The summed E-state index contributed by atoms with van der Waals surface area (Å²) in [6.45, 7) is 0. The number of amides is 1. The van der Waals surface area contributed by atoms with Crippen molar-refractivity contribution in [3.63, 3.8) is 0 Å². The summed E-state index contributed by atoms with van der Waals surface area (Å²) in [5, 5.41) is 2.28. The molecule has 1 saturated heterocycles. The zero-order valence-corrected chi connectivity index (χ0v) is 16.7. The van der Waals surface area contributed by atoms with Crippen molar-refractivity contribution in [3.05, 3.63) is 77.2 Å². The van der Waals surface area contributed by atoms with Crippen molar-refractivity contribution in [2.75, 3.05) is 23.9 Å². The van der Waals surface area contributed by atoms with Crippen molar-refractivity contribution in [3.8, 4) is 0 Å². The molecule has 27 heavy (non-hydrogen) atoms. The Morgan fingerprint density at radius 2 is 1.67 bits per heavy atom. The predicted molar refractivity (Wildman–Crippen MR) is 120 cm³/mol. The molecule has 4 rings (SSSR count). The number of hydrogen-bond acceptors (Lipinski definition) is 4. The van der Waals surface area contributed by atoms with Crippen LogP contribution in [0.15, 0.2) is 71.6 Å². The lowest BCUT2D eigenvalue weighted by Crippen LogP contribution is -2.27. The molecule has 0 aromatic heterocycles. The molecule has 1 amide bonds. The average molecular weight is 391 g/mol. The Morgan fingerprint density at radius 3 is 2.41 bits per heavy atom. The van der Waals surface area contributed by atoms with Gasteiger partial charge in [0, 0.05) is 19.8 Å². The third kappa shape index (κ3) is 3.36. The van der Waals surface area contributed by atoms with Gasteiger partial charge < -0.3 is 4.90 Å². The van der Waals surface area contributed by atoms with Crippen molar-refractivity contribution in [1.82, 2.24) is 0 Å².